The van der Waals surface area contributed by atoms with Gasteiger partial charge in [-0.3, -0.25) is 9.13 Å². The van der Waals surface area contributed by atoms with Gasteiger partial charge < -0.3 is 19.6 Å². The molecule has 11 heavy (non-hydrogen) atoms. The Balaban J connectivity index is -0.000000320. The van der Waals surface area contributed by atoms with Gasteiger partial charge in [-0.15, -0.1) is 0 Å². The van der Waals surface area contributed by atoms with Crippen LogP contribution in [0.25, 0.3) is 0 Å². The van der Waals surface area contributed by atoms with E-state index in [0.29, 0.717) is 0 Å². The maximum absolute atomic E-state index is 9.48. The van der Waals surface area contributed by atoms with Crippen molar-refractivity contribution in [2.45, 2.75) is 0 Å². The molecule has 0 heterocycles. The maximum Gasteiger partial charge on any atom is 1.00 e. The molecule has 0 amide bonds. The third-order valence-electron chi connectivity index (χ3n) is 0.206. The van der Waals surface area contributed by atoms with Crippen molar-refractivity contribution in [1.82, 2.24) is 0 Å². The molecule has 0 fully saturated rings. The molecule has 2 N–H and O–H groups in total. The minimum absolute atomic E-state index is 0. The van der Waals surface area contributed by atoms with E-state index in [1.807, 2.05) is 0 Å². The predicted octanol–water partition coefficient (Wildman–Crippen LogP) is -8.07. The van der Waals surface area contributed by atoms with Gasteiger partial charge in [0, 0.05) is 0 Å². The Bertz CT molecular complexity index is 155. The molecule has 0 aromatic heterocycles. The minimum atomic E-state index is -5.36. The first-order chi connectivity index (χ1) is 3.71. The summed E-state index contributed by atoms with van der Waals surface area (Å²) in [6.45, 7) is 0. The summed E-state index contributed by atoms with van der Waals surface area (Å²) in [7, 11) is -10.7. The van der Waals surface area contributed by atoms with Crippen molar-refractivity contribution in [3.8, 4) is 0 Å². The molecule has 0 aromatic carbocycles. The van der Waals surface area contributed by atoms with Crippen LogP contribution in [0.1, 0.15) is 0 Å². The molecule has 0 radical (unpaired) electrons. The Kier molecular flexibility index (Phi) is 16.0. The van der Waals surface area contributed by atoms with Gasteiger partial charge in [-0.25, -0.2) is 4.31 Å². The fourth-order valence-corrected chi connectivity index (χ4v) is 1.17. The first-order valence-corrected chi connectivity index (χ1v) is 4.49. The van der Waals surface area contributed by atoms with Gasteiger partial charge in [-0.2, -0.15) is 0 Å². The summed E-state index contributed by atoms with van der Waals surface area (Å²) >= 11 is 0. The molecule has 0 aliphatic heterocycles. The Morgan fingerprint density at radius 3 is 1.18 bits per heavy atom. The van der Waals surface area contributed by atoms with E-state index < -0.39 is 15.6 Å². The summed E-state index contributed by atoms with van der Waals surface area (Å²) in [5, 5.41) is 0. The molecular weight excluding hydrogens is 440 g/mol. The van der Waals surface area contributed by atoms with Gasteiger partial charge in [0.25, 0.3) is 15.6 Å². The average Bonchev–Trinajstić information content (AvgIpc) is 1.14. The van der Waals surface area contributed by atoms with Gasteiger partial charge >= 0.3 is 138 Å². The standard InChI is InChI=1S/2Cs.H4O7P2/c;;1-8(2,3)7-9(4,5)6/h;;(H2,1,2,3)(H2,4,5,6)/q2*+1;/p-2. The van der Waals surface area contributed by atoms with Crippen LogP contribution < -0.4 is 148 Å². The quantitative estimate of drug-likeness (QED) is 0.407. The van der Waals surface area contributed by atoms with Crippen LogP contribution in [0.2, 0.25) is 0 Å². The first-order valence-electron chi connectivity index (χ1n) is 1.50. The fourth-order valence-electron chi connectivity index (χ4n) is 0.130. The molecule has 11 heteroatoms. The molecule has 0 bridgehead atoms. The third kappa shape index (κ3) is 20.4. The van der Waals surface area contributed by atoms with Crippen molar-refractivity contribution in [3.05, 3.63) is 0 Å². The summed E-state index contributed by atoms with van der Waals surface area (Å²) in [6, 6.07) is 0. The monoisotopic (exact) mass is 442 g/mol. The van der Waals surface area contributed by atoms with E-state index in [-0.39, 0.29) is 138 Å². The molecule has 0 aliphatic rings. The van der Waals surface area contributed by atoms with Gasteiger partial charge in [-0.1, -0.05) is 0 Å². The molecule has 0 aromatic rings. The van der Waals surface area contributed by atoms with Gasteiger partial charge in [0.05, 0.1) is 0 Å². The second kappa shape index (κ2) is 8.51. The van der Waals surface area contributed by atoms with Crippen LogP contribution in [-0.4, -0.2) is 9.79 Å². The Morgan fingerprint density at radius 2 is 1.18 bits per heavy atom. The maximum atomic E-state index is 9.48. The van der Waals surface area contributed by atoms with Gasteiger partial charge in [0.1, 0.15) is 0 Å². The van der Waals surface area contributed by atoms with Crippen molar-refractivity contribution < 1.29 is 171 Å². The Labute approximate surface area is 180 Å². The van der Waals surface area contributed by atoms with Crippen LogP contribution in [0.15, 0.2) is 0 Å². The third-order valence-corrected chi connectivity index (χ3v) is 1.86. The summed E-state index contributed by atoms with van der Waals surface area (Å²) in [4.78, 5) is 34.1. The molecular formula is H2Cs2O7P2. The summed E-state index contributed by atoms with van der Waals surface area (Å²) in [5.41, 5.74) is 0. The fraction of sp³-hybridized carbons (Fsp3) is 0. The largest absolute Gasteiger partial charge is 1.00 e. The normalized spacial score (nSPS) is 20.0. The van der Waals surface area contributed by atoms with E-state index >= 15 is 0 Å². The Morgan fingerprint density at radius 1 is 1.00 bits per heavy atom. The zero-order valence-corrected chi connectivity index (χ0v) is 20.2. The molecule has 2 atom stereocenters. The molecule has 0 rings (SSSR count). The molecule has 0 saturated carbocycles. The van der Waals surface area contributed by atoms with Crippen molar-refractivity contribution in [2.75, 3.05) is 0 Å². The van der Waals surface area contributed by atoms with Crippen molar-refractivity contribution in [1.29, 1.82) is 0 Å². The molecule has 0 aliphatic carbocycles. The zero-order chi connectivity index (χ0) is 7.71. The number of hydrogen-bond acceptors (Lipinski definition) is 5. The molecule has 0 saturated heterocycles. The van der Waals surface area contributed by atoms with Gasteiger partial charge in [0.2, 0.25) is 0 Å². The van der Waals surface area contributed by atoms with Crippen LogP contribution >= 0.6 is 15.6 Å². The average molecular weight is 442 g/mol. The summed E-state index contributed by atoms with van der Waals surface area (Å²) < 4.78 is 21.7. The van der Waals surface area contributed by atoms with Gasteiger partial charge in [0.15, 0.2) is 0 Å². The van der Waals surface area contributed by atoms with E-state index in [1.54, 1.807) is 0 Å². The summed E-state index contributed by atoms with van der Waals surface area (Å²) in [5.74, 6) is 0. The van der Waals surface area contributed by atoms with E-state index in [0.717, 1.165) is 0 Å². The first kappa shape index (κ1) is 20.7. The van der Waals surface area contributed by atoms with E-state index in [1.165, 1.54) is 0 Å². The number of phosphoric acid groups is 2. The molecule has 7 nitrogen and oxygen atoms in total. The predicted molar refractivity (Wildman–Crippen MR) is 20.7 cm³/mol. The number of hydrogen-bond donors (Lipinski definition) is 2. The van der Waals surface area contributed by atoms with Crippen molar-refractivity contribution >= 4 is 15.6 Å². The molecule has 56 valence electrons. The number of rotatable bonds is 2. The smallest absolute Gasteiger partial charge is 0.756 e. The molecule has 0 spiro atoms. The van der Waals surface area contributed by atoms with Crippen LogP contribution in [0.4, 0.5) is 0 Å². The van der Waals surface area contributed by atoms with Crippen LogP contribution in [0, 0.1) is 0 Å². The molecule has 2 unspecified atom stereocenters. The second-order valence-corrected chi connectivity index (χ2v) is 3.55. The Hall–Kier alpha value is 4.36. The summed E-state index contributed by atoms with van der Waals surface area (Å²) in [6.07, 6.45) is 0. The minimum Gasteiger partial charge on any atom is -0.756 e. The van der Waals surface area contributed by atoms with Crippen LogP contribution in [-0.2, 0) is 13.4 Å². The van der Waals surface area contributed by atoms with Crippen molar-refractivity contribution in [3.63, 3.8) is 0 Å². The second-order valence-electron chi connectivity index (χ2n) is 1.02. The van der Waals surface area contributed by atoms with E-state index in [9.17, 15) is 18.9 Å². The SMILES string of the molecule is O=P([O-])(O)OP(=O)([O-])O.[Cs+].[Cs+]. The van der Waals surface area contributed by atoms with Crippen LogP contribution in [0.5, 0.6) is 0 Å². The zero-order valence-electron chi connectivity index (χ0n) is 5.83. The van der Waals surface area contributed by atoms with E-state index in [2.05, 4.69) is 4.31 Å². The van der Waals surface area contributed by atoms with Crippen molar-refractivity contribution in [2.24, 2.45) is 0 Å². The van der Waals surface area contributed by atoms with Crippen LogP contribution in [0.3, 0.4) is 0 Å². The van der Waals surface area contributed by atoms with E-state index in [4.69, 9.17) is 9.79 Å². The topological polar surface area (TPSA) is 130 Å². The van der Waals surface area contributed by atoms with Gasteiger partial charge in [-0.05, 0) is 0 Å².